The molecular formula is C26H20F3N3O2. The van der Waals surface area contributed by atoms with E-state index in [0.717, 1.165) is 34.2 Å². The summed E-state index contributed by atoms with van der Waals surface area (Å²) in [5.41, 5.74) is 2.90. The lowest BCUT2D eigenvalue weighted by Crippen LogP contribution is -2.36. The number of para-hydroxylation sites is 1. The Balaban J connectivity index is 1.29. The minimum Gasteiger partial charge on any atom is -0.350 e. The second-order valence-corrected chi connectivity index (χ2v) is 7.65. The molecule has 0 saturated heterocycles. The number of carbonyl (C=O) groups is 2. The number of alkyl halides is 3. The molecule has 0 bridgehead atoms. The minimum atomic E-state index is -4.41. The SMILES string of the molecule is O=C(CNC(=O)c1ccc(-c2cnc3ccccc3c2)cc1)NCc1ccc(C(F)(F)F)cc1. The zero-order valence-electron chi connectivity index (χ0n) is 17.9. The predicted molar refractivity (Wildman–Crippen MR) is 123 cm³/mol. The molecule has 2 amide bonds. The highest BCUT2D eigenvalue weighted by molar-refractivity contribution is 5.97. The van der Waals surface area contributed by atoms with Gasteiger partial charge < -0.3 is 10.6 Å². The molecule has 0 atom stereocenters. The van der Waals surface area contributed by atoms with Gasteiger partial charge in [0.2, 0.25) is 5.91 Å². The Bertz CT molecular complexity index is 1320. The summed E-state index contributed by atoms with van der Waals surface area (Å²) in [4.78, 5) is 28.8. The fourth-order valence-corrected chi connectivity index (χ4v) is 3.38. The monoisotopic (exact) mass is 463 g/mol. The van der Waals surface area contributed by atoms with E-state index in [1.807, 2.05) is 42.5 Å². The lowest BCUT2D eigenvalue weighted by atomic mass is 10.0. The highest BCUT2D eigenvalue weighted by atomic mass is 19.4. The summed E-state index contributed by atoms with van der Waals surface area (Å²) in [5, 5.41) is 6.12. The molecule has 0 aliphatic carbocycles. The lowest BCUT2D eigenvalue weighted by Gasteiger charge is -2.09. The number of fused-ring (bicyclic) bond motifs is 1. The van der Waals surface area contributed by atoms with E-state index in [2.05, 4.69) is 15.6 Å². The molecule has 5 nitrogen and oxygen atoms in total. The molecule has 172 valence electrons. The molecule has 8 heteroatoms. The Kier molecular flexibility index (Phi) is 6.58. The first-order valence-electron chi connectivity index (χ1n) is 10.5. The number of hydrogen-bond donors (Lipinski definition) is 2. The maximum atomic E-state index is 12.6. The number of benzene rings is 3. The van der Waals surface area contributed by atoms with Gasteiger partial charge in [0.25, 0.3) is 5.91 Å². The fourth-order valence-electron chi connectivity index (χ4n) is 3.38. The molecule has 0 fully saturated rings. The van der Waals surface area contributed by atoms with Crippen LogP contribution in [-0.2, 0) is 17.5 Å². The second-order valence-electron chi connectivity index (χ2n) is 7.65. The molecule has 34 heavy (non-hydrogen) atoms. The Hall–Kier alpha value is -4.20. The molecule has 0 spiro atoms. The molecule has 0 unspecified atom stereocenters. The summed E-state index contributed by atoms with van der Waals surface area (Å²) in [6.45, 7) is -0.197. The van der Waals surface area contributed by atoms with E-state index in [4.69, 9.17) is 0 Å². The van der Waals surface area contributed by atoms with Crippen LogP contribution in [0.3, 0.4) is 0 Å². The number of rotatable bonds is 6. The van der Waals surface area contributed by atoms with Crippen LogP contribution < -0.4 is 10.6 Å². The van der Waals surface area contributed by atoms with Gasteiger partial charge in [-0.2, -0.15) is 13.2 Å². The van der Waals surface area contributed by atoms with Crippen LogP contribution >= 0.6 is 0 Å². The smallest absolute Gasteiger partial charge is 0.350 e. The van der Waals surface area contributed by atoms with Crippen LogP contribution in [0, 0.1) is 0 Å². The van der Waals surface area contributed by atoms with E-state index in [-0.39, 0.29) is 13.1 Å². The van der Waals surface area contributed by atoms with Crippen molar-refractivity contribution in [3.8, 4) is 11.1 Å². The van der Waals surface area contributed by atoms with Crippen molar-refractivity contribution < 1.29 is 22.8 Å². The average Bonchev–Trinajstić information content (AvgIpc) is 2.85. The van der Waals surface area contributed by atoms with Gasteiger partial charge in [0.1, 0.15) is 0 Å². The first-order valence-corrected chi connectivity index (χ1v) is 10.5. The Labute approximate surface area is 193 Å². The average molecular weight is 463 g/mol. The molecule has 1 heterocycles. The topological polar surface area (TPSA) is 71.1 Å². The molecule has 1 aromatic heterocycles. The summed E-state index contributed by atoms with van der Waals surface area (Å²) < 4.78 is 37.8. The number of halogens is 3. The first-order chi connectivity index (χ1) is 16.3. The van der Waals surface area contributed by atoms with Crippen molar-refractivity contribution in [1.82, 2.24) is 15.6 Å². The van der Waals surface area contributed by atoms with Crippen molar-refractivity contribution in [2.45, 2.75) is 12.7 Å². The third kappa shape index (κ3) is 5.58. The zero-order valence-corrected chi connectivity index (χ0v) is 17.9. The van der Waals surface area contributed by atoms with Crippen LogP contribution in [-0.4, -0.2) is 23.3 Å². The fraction of sp³-hybridized carbons (Fsp3) is 0.115. The summed E-state index contributed by atoms with van der Waals surface area (Å²) in [7, 11) is 0. The van der Waals surface area contributed by atoms with Crippen LogP contribution in [0.1, 0.15) is 21.5 Å². The van der Waals surface area contributed by atoms with Crippen molar-refractivity contribution in [2.75, 3.05) is 6.54 Å². The molecular weight excluding hydrogens is 443 g/mol. The van der Waals surface area contributed by atoms with Crippen molar-refractivity contribution in [2.24, 2.45) is 0 Å². The second kappa shape index (κ2) is 9.74. The van der Waals surface area contributed by atoms with E-state index in [9.17, 15) is 22.8 Å². The number of amides is 2. The van der Waals surface area contributed by atoms with Gasteiger partial charge in [-0.1, -0.05) is 42.5 Å². The molecule has 2 N–H and O–H groups in total. The summed E-state index contributed by atoms with van der Waals surface area (Å²) in [6, 6.07) is 21.3. The summed E-state index contributed by atoms with van der Waals surface area (Å²) in [5.74, 6) is -0.861. The van der Waals surface area contributed by atoms with E-state index < -0.39 is 23.6 Å². The molecule has 3 aromatic carbocycles. The van der Waals surface area contributed by atoms with Gasteiger partial charge in [0.05, 0.1) is 17.6 Å². The molecule has 0 radical (unpaired) electrons. The van der Waals surface area contributed by atoms with Gasteiger partial charge in [-0.05, 0) is 47.5 Å². The number of hydrogen-bond acceptors (Lipinski definition) is 3. The van der Waals surface area contributed by atoms with Crippen LogP contribution in [0.5, 0.6) is 0 Å². The van der Waals surface area contributed by atoms with Gasteiger partial charge in [-0.3, -0.25) is 14.6 Å². The number of pyridine rings is 1. The van der Waals surface area contributed by atoms with Crippen molar-refractivity contribution in [3.05, 3.63) is 102 Å². The quantitative estimate of drug-likeness (QED) is 0.424. The third-order valence-corrected chi connectivity index (χ3v) is 5.25. The van der Waals surface area contributed by atoms with E-state index in [0.29, 0.717) is 11.1 Å². The standard InChI is InChI=1S/C26H20F3N3O2/c27-26(28,29)22-11-5-17(6-12-22)14-31-24(33)16-32-25(34)19-9-7-18(8-10-19)21-13-20-3-1-2-4-23(20)30-15-21/h1-13,15H,14,16H2,(H,31,33)(H,32,34). The minimum absolute atomic E-state index is 0.0569. The molecule has 0 aliphatic rings. The van der Waals surface area contributed by atoms with E-state index >= 15 is 0 Å². The Morgan fingerprint density at radius 1 is 0.824 bits per heavy atom. The van der Waals surface area contributed by atoms with Crippen molar-refractivity contribution >= 4 is 22.7 Å². The van der Waals surface area contributed by atoms with Crippen LogP contribution in [0.25, 0.3) is 22.0 Å². The normalized spacial score (nSPS) is 11.3. The van der Waals surface area contributed by atoms with Crippen molar-refractivity contribution in [3.63, 3.8) is 0 Å². The Morgan fingerprint density at radius 3 is 2.24 bits per heavy atom. The first kappa shape index (κ1) is 23.0. The number of nitrogens with one attached hydrogen (secondary N) is 2. The predicted octanol–water partition coefficient (Wildman–Crippen LogP) is 4.97. The van der Waals surface area contributed by atoms with Gasteiger partial charge in [-0.15, -0.1) is 0 Å². The molecule has 4 rings (SSSR count). The molecule has 4 aromatic rings. The van der Waals surface area contributed by atoms with Gasteiger partial charge in [-0.25, -0.2) is 0 Å². The number of nitrogens with zero attached hydrogens (tertiary/aromatic N) is 1. The Morgan fingerprint density at radius 2 is 1.53 bits per heavy atom. The van der Waals surface area contributed by atoms with Crippen LogP contribution in [0.2, 0.25) is 0 Å². The van der Waals surface area contributed by atoms with Crippen LogP contribution in [0.4, 0.5) is 13.2 Å². The maximum Gasteiger partial charge on any atom is 0.416 e. The maximum absolute atomic E-state index is 12.6. The van der Waals surface area contributed by atoms with E-state index in [1.54, 1.807) is 18.3 Å². The lowest BCUT2D eigenvalue weighted by molar-refractivity contribution is -0.137. The summed E-state index contributed by atoms with van der Waals surface area (Å²) >= 11 is 0. The highest BCUT2D eigenvalue weighted by Crippen LogP contribution is 2.29. The van der Waals surface area contributed by atoms with Gasteiger partial charge in [0, 0.05) is 29.3 Å². The van der Waals surface area contributed by atoms with Gasteiger partial charge in [0.15, 0.2) is 0 Å². The van der Waals surface area contributed by atoms with E-state index in [1.165, 1.54) is 12.1 Å². The highest BCUT2D eigenvalue weighted by Gasteiger charge is 2.29. The largest absolute Gasteiger partial charge is 0.416 e. The number of aromatic nitrogens is 1. The van der Waals surface area contributed by atoms with Crippen LogP contribution in [0.15, 0.2) is 85.1 Å². The van der Waals surface area contributed by atoms with Gasteiger partial charge >= 0.3 is 6.18 Å². The molecule has 0 aliphatic heterocycles. The molecule has 0 saturated carbocycles. The third-order valence-electron chi connectivity index (χ3n) is 5.25. The number of carbonyl (C=O) groups excluding carboxylic acids is 2. The summed E-state index contributed by atoms with van der Waals surface area (Å²) in [6.07, 6.45) is -2.63. The zero-order chi connectivity index (χ0) is 24.1. The van der Waals surface area contributed by atoms with Crippen molar-refractivity contribution in [1.29, 1.82) is 0 Å².